The molecule has 0 radical (unpaired) electrons. The van der Waals surface area contributed by atoms with E-state index in [9.17, 15) is 14.4 Å². The number of nitrogens with one attached hydrogen (secondary N) is 1. The molecule has 2 atom stereocenters. The third kappa shape index (κ3) is 5.37. The van der Waals surface area contributed by atoms with Gasteiger partial charge in [-0.1, -0.05) is 29.8 Å². The first-order chi connectivity index (χ1) is 16.2. The Morgan fingerprint density at radius 1 is 1.26 bits per heavy atom. The van der Waals surface area contributed by atoms with Crippen LogP contribution < -0.4 is 10.9 Å². The molecule has 1 aliphatic rings. The predicted octanol–water partition coefficient (Wildman–Crippen LogP) is 4.42. The Morgan fingerprint density at radius 3 is 2.76 bits per heavy atom. The predicted molar refractivity (Wildman–Crippen MR) is 131 cm³/mol. The van der Waals surface area contributed by atoms with Gasteiger partial charge in [-0.3, -0.25) is 19.0 Å². The molecular formula is C26H26ClN3O4. The molecule has 176 valence electrons. The summed E-state index contributed by atoms with van der Waals surface area (Å²) in [4.78, 5) is 41.8. The van der Waals surface area contributed by atoms with Crippen molar-refractivity contribution in [1.29, 1.82) is 0 Å². The van der Waals surface area contributed by atoms with Crippen LogP contribution in [-0.4, -0.2) is 27.5 Å². The zero-order valence-electron chi connectivity index (χ0n) is 19.2. The number of esters is 1. The lowest BCUT2D eigenvalue weighted by Gasteiger charge is -2.15. The van der Waals surface area contributed by atoms with Crippen molar-refractivity contribution in [2.45, 2.75) is 45.7 Å². The van der Waals surface area contributed by atoms with Crippen LogP contribution in [0.2, 0.25) is 5.02 Å². The Balaban J connectivity index is 1.74. The maximum absolute atomic E-state index is 13.6. The third-order valence-corrected chi connectivity index (χ3v) is 5.88. The minimum atomic E-state index is -0.359. The molecule has 2 unspecified atom stereocenters. The Hall–Kier alpha value is -3.45. The number of ether oxygens (including phenoxy) is 1. The molecular weight excluding hydrogens is 454 g/mol. The first kappa shape index (κ1) is 23.7. The minimum absolute atomic E-state index is 0.0512. The Labute approximate surface area is 202 Å². The number of benzene rings is 2. The fourth-order valence-corrected chi connectivity index (χ4v) is 4.21. The summed E-state index contributed by atoms with van der Waals surface area (Å²) in [7, 11) is 0. The lowest BCUT2D eigenvalue weighted by molar-refractivity contribution is -0.135. The number of fused-ring (bicyclic) bond motifs is 1. The minimum Gasteiger partial charge on any atom is -0.435 e. The summed E-state index contributed by atoms with van der Waals surface area (Å²) in [6, 6.07) is 12.7. The number of halogens is 1. The van der Waals surface area contributed by atoms with Gasteiger partial charge in [-0.05, 0) is 68.0 Å². The number of hydrogen-bond acceptors (Lipinski definition) is 5. The van der Waals surface area contributed by atoms with Crippen LogP contribution in [0.5, 0.6) is 0 Å². The number of hydrogen-bond donors (Lipinski definition) is 1. The quantitative estimate of drug-likeness (QED) is 0.400. The number of rotatable bonds is 7. The monoisotopic (exact) mass is 479 g/mol. The average molecular weight is 480 g/mol. The molecule has 1 aromatic heterocycles. The maximum atomic E-state index is 13.6. The molecule has 8 heteroatoms. The maximum Gasteiger partial charge on any atom is 0.307 e. The molecule has 1 aliphatic carbocycles. The van der Waals surface area contributed by atoms with Crippen LogP contribution in [0.1, 0.15) is 38.7 Å². The van der Waals surface area contributed by atoms with Crippen molar-refractivity contribution in [3.05, 3.63) is 75.7 Å². The van der Waals surface area contributed by atoms with Crippen molar-refractivity contribution in [2.75, 3.05) is 0 Å². The molecule has 0 saturated heterocycles. The molecule has 34 heavy (non-hydrogen) atoms. The Bertz CT molecular complexity index is 1350. The van der Waals surface area contributed by atoms with Crippen LogP contribution in [0, 0.1) is 5.92 Å². The van der Waals surface area contributed by atoms with E-state index in [0.29, 0.717) is 27.3 Å². The SMILES string of the molecule is CC(=O)OC=CC1CC1c1ccc2nc(-c3cccc(Cl)c3)n(CC(=O)NC(C)C)c(=O)c2c1. The van der Waals surface area contributed by atoms with Crippen LogP contribution in [0.3, 0.4) is 0 Å². The number of amides is 1. The van der Waals surface area contributed by atoms with Gasteiger partial charge in [0, 0.05) is 23.6 Å². The molecule has 4 rings (SSSR count). The van der Waals surface area contributed by atoms with E-state index >= 15 is 0 Å². The highest BCUT2D eigenvalue weighted by molar-refractivity contribution is 6.30. The molecule has 0 aliphatic heterocycles. The van der Waals surface area contributed by atoms with E-state index in [2.05, 4.69) is 5.32 Å². The zero-order chi connectivity index (χ0) is 24.4. The van der Waals surface area contributed by atoms with Gasteiger partial charge in [-0.25, -0.2) is 4.98 Å². The van der Waals surface area contributed by atoms with Gasteiger partial charge in [-0.15, -0.1) is 0 Å². The first-order valence-corrected chi connectivity index (χ1v) is 11.5. The van der Waals surface area contributed by atoms with E-state index < -0.39 is 0 Å². The molecule has 1 saturated carbocycles. The molecule has 0 bridgehead atoms. The molecule has 2 aromatic carbocycles. The summed E-state index contributed by atoms with van der Waals surface area (Å²) in [6.45, 7) is 4.94. The number of aromatic nitrogens is 2. The molecule has 1 N–H and O–H groups in total. The fourth-order valence-electron chi connectivity index (χ4n) is 4.02. The van der Waals surface area contributed by atoms with Gasteiger partial charge in [0.1, 0.15) is 12.4 Å². The van der Waals surface area contributed by atoms with Crippen LogP contribution >= 0.6 is 11.6 Å². The van der Waals surface area contributed by atoms with Gasteiger partial charge in [0.25, 0.3) is 5.56 Å². The smallest absolute Gasteiger partial charge is 0.307 e. The Kier molecular flexibility index (Phi) is 6.84. The molecule has 1 fully saturated rings. The van der Waals surface area contributed by atoms with Crippen molar-refractivity contribution in [1.82, 2.24) is 14.9 Å². The highest BCUT2D eigenvalue weighted by Crippen LogP contribution is 2.48. The van der Waals surface area contributed by atoms with E-state index in [0.717, 1.165) is 12.0 Å². The van der Waals surface area contributed by atoms with Gasteiger partial charge in [0.15, 0.2) is 0 Å². The van der Waals surface area contributed by atoms with E-state index in [1.807, 2.05) is 44.2 Å². The van der Waals surface area contributed by atoms with Gasteiger partial charge >= 0.3 is 5.97 Å². The van der Waals surface area contributed by atoms with Crippen molar-refractivity contribution in [3.8, 4) is 11.4 Å². The number of carbonyl (C=O) groups is 2. The van der Waals surface area contributed by atoms with Crippen LogP contribution in [-0.2, 0) is 20.9 Å². The fraction of sp³-hybridized carbons (Fsp3) is 0.308. The van der Waals surface area contributed by atoms with Gasteiger partial charge in [0.05, 0.1) is 17.2 Å². The topological polar surface area (TPSA) is 90.3 Å². The van der Waals surface area contributed by atoms with E-state index in [4.69, 9.17) is 21.3 Å². The van der Waals surface area contributed by atoms with E-state index in [1.54, 1.807) is 18.2 Å². The Morgan fingerprint density at radius 2 is 2.06 bits per heavy atom. The van der Waals surface area contributed by atoms with Gasteiger partial charge < -0.3 is 10.1 Å². The summed E-state index contributed by atoms with van der Waals surface area (Å²) in [5, 5.41) is 3.80. The highest BCUT2D eigenvalue weighted by atomic mass is 35.5. The van der Waals surface area contributed by atoms with E-state index in [1.165, 1.54) is 17.8 Å². The second-order valence-electron chi connectivity index (χ2n) is 8.78. The average Bonchev–Trinajstić information content (AvgIpc) is 3.54. The molecule has 0 spiro atoms. The largest absolute Gasteiger partial charge is 0.435 e. The molecule has 1 heterocycles. The van der Waals surface area contributed by atoms with Crippen molar-refractivity contribution < 1.29 is 14.3 Å². The summed E-state index contributed by atoms with van der Waals surface area (Å²) in [5.74, 6) is 0.244. The van der Waals surface area contributed by atoms with Crippen LogP contribution in [0.15, 0.2) is 59.6 Å². The lowest BCUT2D eigenvalue weighted by atomic mass is 10.1. The second-order valence-corrected chi connectivity index (χ2v) is 9.22. The van der Waals surface area contributed by atoms with Gasteiger partial charge in [-0.2, -0.15) is 0 Å². The summed E-state index contributed by atoms with van der Waals surface area (Å²) < 4.78 is 6.28. The standard InChI is InChI=1S/C26H26ClN3O4/c1-15(2)28-24(32)14-30-25(19-5-4-6-20(27)11-19)29-23-8-7-17(13-22(23)26(30)33)21-12-18(21)9-10-34-16(3)31/h4-11,13,15,18,21H,12,14H2,1-3H3,(H,28,32). The van der Waals surface area contributed by atoms with Crippen molar-refractivity contribution >= 4 is 34.4 Å². The normalized spacial score (nSPS) is 17.3. The van der Waals surface area contributed by atoms with E-state index in [-0.39, 0.29) is 41.9 Å². The first-order valence-electron chi connectivity index (χ1n) is 11.2. The number of nitrogens with zero attached hydrogens (tertiary/aromatic N) is 2. The third-order valence-electron chi connectivity index (χ3n) is 5.64. The number of carbonyl (C=O) groups excluding carboxylic acids is 2. The molecule has 3 aromatic rings. The second kappa shape index (κ2) is 9.81. The van der Waals surface area contributed by atoms with Crippen molar-refractivity contribution in [2.24, 2.45) is 5.92 Å². The van der Waals surface area contributed by atoms with Crippen LogP contribution in [0.4, 0.5) is 0 Å². The lowest BCUT2D eigenvalue weighted by Crippen LogP contribution is -2.37. The van der Waals surface area contributed by atoms with Gasteiger partial charge in [0.2, 0.25) is 5.91 Å². The summed E-state index contributed by atoms with van der Waals surface area (Å²) >= 11 is 6.18. The highest BCUT2D eigenvalue weighted by Gasteiger charge is 2.36. The number of allylic oxidation sites excluding steroid dienone is 1. The zero-order valence-corrected chi connectivity index (χ0v) is 20.0. The molecule has 1 amide bonds. The summed E-state index contributed by atoms with van der Waals surface area (Å²) in [5.41, 5.74) is 1.94. The summed E-state index contributed by atoms with van der Waals surface area (Å²) in [6.07, 6.45) is 4.20. The van der Waals surface area contributed by atoms with Crippen LogP contribution in [0.25, 0.3) is 22.3 Å². The van der Waals surface area contributed by atoms with Crippen molar-refractivity contribution in [3.63, 3.8) is 0 Å². The molecule has 7 nitrogen and oxygen atoms in total.